The highest BCUT2D eigenvalue weighted by atomic mass is 32.2. The lowest BCUT2D eigenvalue weighted by Gasteiger charge is -2.01. The molecule has 3 aromatic rings. The first-order valence-corrected chi connectivity index (χ1v) is 7.77. The first-order valence-electron chi connectivity index (χ1n) is 6.33. The summed E-state index contributed by atoms with van der Waals surface area (Å²) in [5.41, 5.74) is 6.80. The fraction of sp³-hybridized carbons (Fsp3) is 0. The molecule has 0 saturated carbocycles. The number of rotatable bonds is 3. The van der Waals surface area contributed by atoms with Gasteiger partial charge in [-0.1, -0.05) is 30.3 Å². The van der Waals surface area contributed by atoms with Gasteiger partial charge in [0.05, 0.1) is 4.90 Å². The Morgan fingerprint density at radius 1 is 1.09 bits per heavy atom. The van der Waals surface area contributed by atoms with E-state index in [1.807, 2.05) is 6.07 Å². The number of para-hydroxylation sites is 2. The van der Waals surface area contributed by atoms with E-state index < -0.39 is 10.0 Å². The van der Waals surface area contributed by atoms with Gasteiger partial charge in [0.2, 0.25) is 5.96 Å². The van der Waals surface area contributed by atoms with Gasteiger partial charge in [0.25, 0.3) is 10.0 Å². The molecule has 0 aliphatic heterocycles. The molecule has 8 heteroatoms. The van der Waals surface area contributed by atoms with Crippen molar-refractivity contribution in [2.24, 2.45) is 10.1 Å². The predicted octanol–water partition coefficient (Wildman–Crippen LogP) is 1.94. The molecule has 0 fully saturated rings. The zero-order valence-electron chi connectivity index (χ0n) is 11.3. The van der Waals surface area contributed by atoms with Crippen LogP contribution in [-0.2, 0) is 10.0 Å². The molecule has 0 aliphatic carbocycles. The number of nitrogens with two attached hydrogens (primary N) is 1. The van der Waals surface area contributed by atoms with Gasteiger partial charge in [0.15, 0.2) is 5.58 Å². The molecule has 22 heavy (non-hydrogen) atoms. The van der Waals surface area contributed by atoms with Crippen LogP contribution in [0.1, 0.15) is 0 Å². The first-order chi connectivity index (χ1) is 10.5. The number of nitrogens with zero attached hydrogens (tertiary/aromatic N) is 2. The molecule has 0 bridgehead atoms. The lowest BCUT2D eigenvalue weighted by atomic mass is 10.3. The standard InChI is InChI=1S/C14H12N4O3S/c15-13(18-22(19,20)10-6-2-1-3-7-10)17-14-16-11-8-4-5-9-12(11)21-14/h1-9H,(H3,15,16,17,18). The number of benzene rings is 2. The molecule has 112 valence electrons. The summed E-state index contributed by atoms with van der Waals surface area (Å²) in [5, 5.41) is 2.53. The van der Waals surface area contributed by atoms with Gasteiger partial charge in [-0.2, -0.15) is 13.4 Å². The van der Waals surface area contributed by atoms with Crippen LogP contribution in [0.5, 0.6) is 0 Å². The minimum Gasteiger partial charge on any atom is -0.423 e. The lowest BCUT2D eigenvalue weighted by molar-refractivity contribution is 0.598. The van der Waals surface area contributed by atoms with Crippen molar-refractivity contribution in [3.8, 4) is 0 Å². The van der Waals surface area contributed by atoms with Crippen LogP contribution in [0.2, 0.25) is 0 Å². The first kappa shape index (κ1) is 14.1. The molecule has 0 spiro atoms. The van der Waals surface area contributed by atoms with Gasteiger partial charge in [0.1, 0.15) is 5.52 Å². The number of anilines is 1. The minimum atomic E-state index is -3.88. The Balaban J connectivity index is 1.86. The summed E-state index contributed by atoms with van der Waals surface area (Å²) in [6, 6.07) is 15.0. The highest BCUT2D eigenvalue weighted by molar-refractivity contribution is 7.90. The lowest BCUT2D eigenvalue weighted by Crippen LogP contribution is -2.24. The van der Waals surface area contributed by atoms with Crippen molar-refractivity contribution in [3.63, 3.8) is 0 Å². The Labute approximate surface area is 126 Å². The molecule has 0 radical (unpaired) electrons. The van der Waals surface area contributed by atoms with Crippen LogP contribution < -0.4 is 11.1 Å². The van der Waals surface area contributed by atoms with E-state index in [1.54, 1.807) is 36.4 Å². The number of nitrogens with one attached hydrogen (secondary N) is 1. The Morgan fingerprint density at radius 3 is 2.50 bits per heavy atom. The van der Waals surface area contributed by atoms with Crippen molar-refractivity contribution in [2.45, 2.75) is 4.90 Å². The molecule has 0 atom stereocenters. The van der Waals surface area contributed by atoms with Gasteiger partial charge >= 0.3 is 6.01 Å². The molecular weight excluding hydrogens is 304 g/mol. The molecule has 0 unspecified atom stereocenters. The van der Waals surface area contributed by atoms with Gasteiger partial charge in [-0.25, -0.2) is 0 Å². The highest BCUT2D eigenvalue weighted by Gasteiger charge is 2.14. The van der Waals surface area contributed by atoms with E-state index in [4.69, 9.17) is 10.2 Å². The van der Waals surface area contributed by atoms with E-state index in [9.17, 15) is 8.42 Å². The number of aromatic nitrogens is 1. The second-order valence-corrected chi connectivity index (χ2v) is 5.98. The van der Waals surface area contributed by atoms with Gasteiger partial charge in [-0.15, -0.1) is 4.40 Å². The summed E-state index contributed by atoms with van der Waals surface area (Å²) in [6.45, 7) is 0. The predicted molar refractivity (Wildman–Crippen MR) is 82.9 cm³/mol. The zero-order valence-corrected chi connectivity index (χ0v) is 12.1. The molecule has 0 amide bonds. The Morgan fingerprint density at radius 2 is 1.77 bits per heavy atom. The third-order valence-electron chi connectivity index (χ3n) is 2.79. The number of guanidine groups is 1. The molecule has 3 rings (SSSR count). The smallest absolute Gasteiger partial charge is 0.302 e. The molecule has 1 heterocycles. The van der Waals surface area contributed by atoms with E-state index in [-0.39, 0.29) is 16.9 Å². The topological polar surface area (TPSA) is 111 Å². The quantitative estimate of drug-likeness (QED) is 0.564. The Hall–Kier alpha value is -2.87. The number of hydrogen-bond acceptors (Lipinski definition) is 4. The van der Waals surface area contributed by atoms with Crippen molar-refractivity contribution in [2.75, 3.05) is 5.32 Å². The molecule has 0 saturated heterocycles. The number of fused-ring (bicyclic) bond motifs is 1. The highest BCUT2D eigenvalue weighted by Crippen LogP contribution is 2.18. The Bertz CT molecular complexity index is 900. The molecule has 7 nitrogen and oxygen atoms in total. The largest absolute Gasteiger partial charge is 0.423 e. The van der Waals surface area contributed by atoms with Crippen molar-refractivity contribution in [3.05, 3.63) is 54.6 Å². The SMILES string of the molecule is N/C(=N\S(=O)(=O)c1ccccc1)Nc1nc2ccccc2o1. The summed E-state index contributed by atoms with van der Waals surface area (Å²) in [5.74, 6) is -0.324. The molecule has 3 N–H and O–H groups in total. The van der Waals surface area contributed by atoms with Crippen molar-refractivity contribution < 1.29 is 12.8 Å². The minimum absolute atomic E-state index is 0.0531. The number of oxazole rings is 1. The zero-order chi connectivity index (χ0) is 15.6. The molecule has 0 aliphatic rings. The van der Waals surface area contributed by atoms with Crippen molar-refractivity contribution in [1.82, 2.24) is 4.98 Å². The average molecular weight is 316 g/mol. The summed E-state index contributed by atoms with van der Waals surface area (Å²) in [6.07, 6.45) is 0. The summed E-state index contributed by atoms with van der Waals surface area (Å²) in [7, 11) is -3.88. The maximum Gasteiger partial charge on any atom is 0.302 e. The van der Waals surface area contributed by atoms with Crippen LogP contribution in [0.15, 0.2) is 68.3 Å². The van der Waals surface area contributed by atoms with Crippen molar-refractivity contribution in [1.29, 1.82) is 0 Å². The van der Waals surface area contributed by atoms with Crippen LogP contribution in [0.3, 0.4) is 0 Å². The maximum absolute atomic E-state index is 12.0. The van der Waals surface area contributed by atoms with Crippen molar-refractivity contribution >= 4 is 33.1 Å². The average Bonchev–Trinajstić information content (AvgIpc) is 2.89. The van der Waals surface area contributed by atoms with Crippen LogP contribution in [0.25, 0.3) is 11.1 Å². The van der Waals surface area contributed by atoms with Gasteiger partial charge < -0.3 is 10.2 Å². The second kappa shape index (κ2) is 5.49. The van der Waals surface area contributed by atoms with Crippen LogP contribution in [0, 0.1) is 0 Å². The van der Waals surface area contributed by atoms with E-state index in [0.29, 0.717) is 11.1 Å². The van der Waals surface area contributed by atoms with Gasteiger partial charge in [-0.3, -0.25) is 5.32 Å². The van der Waals surface area contributed by atoms with E-state index in [1.165, 1.54) is 12.1 Å². The van der Waals surface area contributed by atoms with Gasteiger partial charge in [-0.05, 0) is 24.3 Å². The molecule has 2 aromatic carbocycles. The number of sulfonamides is 1. The monoisotopic (exact) mass is 316 g/mol. The normalized spacial score (nSPS) is 12.5. The molecular formula is C14H12N4O3S. The molecule has 1 aromatic heterocycles. The number of hydrogen-bond donors (Lipinski definition) is 2. The third kappa shape index (κ3) is 2.91. The van der Waals surface area contributed by atoms with Crippen LogP contribution in [0.4, 0.5) is 6.01 Å². The summed E-state index contributed by atoms with van der Waals surface area (Å²) in [4.78, 5) is 4.18. The van der Waals surface area contributed by atoms with Crippen LogP contribution >= 0.6 is 0 Å². The van der Waals surface area contributed by atoms with E-state index in [2.05, 4.69) is 14.7 Å². The fourth-order valence-electron chi connectivity index (χ4n) is 1.83. The second-order valence-electron chi connectivity index (χ2n) is 4.38. The van der Waals surface area contributed by atoms with Crippen LogP contribution in [-0.4, -0.2) is 19.4 Å². The fourth-order valence-corrected chi connectivity index (χ4v) is 2.74. The summed E-state index contributed by atoms with van der Waals surface area (Å²) < 4.78 is 33.0. The third-order valence-corrected chi connectivity index (χ3v) is 4.09. The summed E-state index contributed by atoms with van der Waals surface area (Å²) >= 11 is 0. The van der Waals surface area contributed by atoms with E-state index >= 15 is 0 Å². The van der Waals surface area contributed by atoms with E-state index in [0.717, 1.165) is 0 Å². The Kier molecular flexibility index (Phi) is 3.51. The maximum atomic E-state index is 12.0. The van der Waals surface area contributed by atoms with Gasteiger partial charge in [0, 0.05) is 0 Å².